The Morgan fingerprint density at radius 2 is 2.29 bits per heavy atom. The summed E-state index contributed by atoms with van der Waals surface area (Å²) in [5.74, 6) is 0.534. The molecule has 2 fully saturated rings. The lowest BCUT2D eigenvalue weighted by Crippen LogP contribution is -2.56. The molecule has 2 N–H and O–H groups in total. The van der Waals surface area contributed by atoms with Gasteiger partial charge in [-0.3, -0.25) is 4.79 Å². The highest BCUT2D eigenvalue weighted by Crippen LogP contribution is 2.32. The minimum absolute atomic E-state index is 0.0364. The Balaban J connectivity index is 1.95. The molecule has 0 aromatic heterocycles. The van der Waals surface area contributed by atoms with E-state index in [1.807, 2.05) is 0 Å². The van der Waals surface area contributed by atoms with Crippen molar-refractivity contribution in [3.8, 4) is 0 Å². The molecule has 0 bridgehead atoms. The van der Waals surface area contributed by atoms with Crippen molar-refractivity contribution in [2.24, 2.45) is 5.92 Å². The van der Waals surface area contributed by atoms with Crippen LogP contribution in [-0.4, -0.2) is 35.9 Å². The number of nitrogens with one attached hydrogen (secondary N) is 1. The van der Waals surface area contributed by atoms with Crippen molar-refractivity contribution in [2.45, 2.75) is 57.1 Å². The lowest BCUT2D eigenvalue weighted by atomic mass is 9.76. The van der Waals surface area contributed by atoms with Gasteiger partial charge in [-0.2, -0.15) is 0 Å². The van der Waals surface area contributed by atoms with E-state index < -0.39 is 5.54 Å². The number of hydrogen-bond acceptors (Lipinski definition) is 3. The molecular weight excluding hydrogens is 218 g/mol. The topological polar surface area (TPSA) is 58.6 Å². The van der Waals surface area contributed by atoms with Gasteiger partial charge in [-0.25, -0.2) is 0 Å². The van der Waals surface area contributed by atoms with E-state index in [9.17, 15) is 9.90 Å². The Kier molecular flexibility index (Phi) is 4.05. The van der Waals surface area contributed by atoms with Gasteiger partial charge in [0.25, 0.3) is 0 Å². The van der Waals surface area contributed by atoms with E-state index in [0.717, 1.165) is 32.1 Å². The molecule has 0 aromatic carbocycles. The smallest absolute Gasteiger partial charge is 0.249 e. The number of hydrogen-bond donors (Lipinski definition) is 2. The lowest BCUT2D eigenvalue weighted by Gasteiger charge is -2.39. The third-order valence-electron chi connectivity index (χ3n) is 4.00. The first kappa shape index (κ1) is 12.8. The lowest BCUT2D eigenvalue weighted by molar-refractivity contribution is -0.133. The first-order valence-corrected chi connectivity index (χ1v) is 6.70. The molecule has 0 radical (unpaired) electrons. The molecule has 2 aliphatic rings. The first-order valence-electron chi connectivity index (χ1n) is 6.70. The minimum Gasteiger partial charge on any atom is -0.394 e. The maximum Gasteiger partial charge on any atom is 0.249 e. The molecule has 1 saturated heterocycles. The van der Waals surface area contributed by atoms with Gasteiger partial charge >= 0.3 is 0 Å². The first-order chi connectivity index (χ1) is 8.15. The second kappa shape index (κ2) is 5.36. The molecule has 0 aromatic rings. The Bertz CT molecular complexity index is 276. The molecule has 3 atom stereocenters. The van der Waals surface area contributed by atoms with Gasteiger partial charge in [0.15, 0.2) is 0 Å². The summed E-state index contributed by atoms with van der Waals surface area (Å²) >= 11 is 0. The van der Waals surface area contributed by atoms with E-state index in [4.69, 9.17) is 4.74 Å². The number of carbonyl (C=O) groups is 1. The van der Waals surface area contributed by atoms with Crippen molar-refractivity contribution in [2.75, 3.05) is 13.2 Å². The Labute approximate surface area is 103 Å². The SMILES string of the molecule is CC1CCCC(CO)(NC(=O)C2CCCO2)C1. The predicted molar refractivity (Wildman–Crippen MR) is 64.6 cm³/mol. The van der Waals surface area contributed by atoms with E-state index >= 15 is 0 Å². The summed E-state index contributed by atoms with van der Waals surface area (Å²) in [4.78, 5) is 12.0. The Morgan fingerprint density at radius 3 is 2.88 bits per heavy atom. The van der Waals surface area contributed by atoms with Crippen molar-refractivity contribution in [1.29, 1.82) is 0 Å². The van der Waals surface area contributed by atoms with Gasteiger partial charge < -0.3 is 15.2 Å². The quantitative estimate of drug-likeness (QED) is 0.781. The molecule has 1 aliphatic heterocycles. The van der Waals surface area contributed by atoms with Crippen LogP contribution in [0.25, 0.3) is 0 Å². The molecular formula is C13H23NO3. The summed E-state index contributed by atoms with van der Waals surface area (Å²) in [6.07, 6.45) is 5.50. The van der Waals surface area contributed by atoms with E-state index in [1.54, 1.807) is 0 Å². The monoisotopic (exact) mass is 241 g/mol. The van der Waals surface area contributed by atoms with E-state index in [0.29, 0.717) is 12.5 Å². The average molecular weight is 241 g/mol. The summed E-state index contributed by atoms with van der Waals surface area (Å²) in [6, 6.07) is 0. The number of rotatable bonds is 3. The fourth-order valence-corrected chi connectivity index (χ4v) is 3.08. The highest BCUT2D eigenvalue weighted by atomic mass is 16.5. The summed E-state index contributed by atoms with van der Waals surface area (Å²) in [5.41, 5.74) is -0.402. The fraction of sp³-hybridized carbons (Fsp3) is 0.923. The van der Waals surface area contributed by atoms with Crippen LogP contribution >= 0.6 is 0 Å². The molecule has 17 heavy (non-hydrogen) atoms. The van der Waals surface area contributed by atoms with Crippen LogP contribution in [0.3, 0.4) is 0 Å². The van der Waals surface area contributed by atoms with E-state index in [-0.39, 0.29) is 18.6 Å². The van der Waals surface area contributed by atoms with Gasteiger partial charge in [-0.15, -0.1) is 0 Å². The normalized spacial score (nSPS) is 38.0. The van der Waals surface area contributed by atoms with Crippen molar-refractivity contribution in [3.05, 3.63) is 0 Å². The summed E-state index contributed by atoms with van der Waals surface area (Å²) in [7, 11) is 0. The molecule has 98 valence electrons. The average Bonchev–Trinajstić information content (AvgIpc) is 2.82. The van der Waals surface area contributed by atoms with Gasteiger partial charge in [0, 0.05) is 6.61 Å². The highest BCUT2D eigenvalue weighted by molar-refractivity contribution is 5.81. The van der Waals surface area contributed by atoms with Crippen LogP contribution in [0.2, 0.25) is 0 Å². The molecule has 1 saturated carbocycles. The Morgan fingerprint density at radius 1 is 1.47 bits per heavy atom. The van der Waals surface area contributed by atoms with E-state index in [2.05, 4.69) is 12.2 Å². The van der Waals surface area contributed by atoms with Crippen LogP contribution in [0.4, 0.5) is 0 Å². The van der Waals surface area contributed by atoms with Crippen molar-refractivity contribution in [1.82, 2.24) is 5.32 Å². The number of carbonyl (C=O) groups excluding carboxylic acids is 1. The Hall–Kier alpha value is -0.610. The molecule has 1 heterocycles. The van der Waals surface area contributed by atoms with Gasteiger partial charge in [-0.05, 0) is 31.6 Å². The number of aliphatic hydroxyl groups excluding tert-OH is 1. The summed E-state index contributed by atoms with van der Waals surface area (Å²) < 4.78 is 5.38. The van der Waals surface area contributed by atoms with Crippen molar-refractivity contribution in [3.63, 3.8) is 0 Å². The van der Waals surface area contributed by atoms with E-state index in [1.165, 1.54) is 6.42 Å². The zero-order valence-corrected chi connectivity index (χ0v) is 10.6. The molecule has 1 aliphatic carbocycles. The van der Waals surface area contributed by atoms with Gasteiger partial charge in [0.2, 0.25) is 5.91 Å². The molecule has 3 unspecified atom stereocenters. The van der Waals surface area contributed by atoms with Crippen molar-refractivity contribution >= 4 is 5.91 Å². The molecule has 1 amide bonds. The third-order valence-corrected chi connectivity index (χ3v) is 4.00. The van der Waals surface area contributed by atoms with Crippen LogP contribution in [-0.2, 0) is 9.53 Å². The standard InChI is InChI=1S/C13H23NO3/c1-10-4-2-6-13(8-10,9-15)14-12(16)11-5-3-7-17-11/h10-11,15H,2-9H2,1H3,(H,14,16). The van der Waals surface area contributed by atoms with Crippen LogP contribution in [0.1, 0.15) is 45.4 Å². The fourth-order valence-electron chi connectivity index (χ4n) is 3.08. The van der Waals surface area contributed by atoms with Gasteiger partial charge in [-0.1, -0.05) is 19.8 Å². The second-order valence-corrected chi connectivity index (χ2v) is 5.63. The van der Waals surface area contributed by atoms with Crippen LogP contribution in [0.15, 0.2) is 0 Å². The highest BCUT2D eigenvalue weighted by Gasteiger charge is 2.37. The number of aliphatic hydroxyl groups is 1. The molecule has 4 nitrogen and oxygen atoms in total. The van der Waals surface area contributed by atoms with Gasteiger partial charge in [0.1, 0.15) is 6.10 Å². The number of amides is 1. The summed E-state index contributed by atoms with van der Waals surface area (Å²) in [6.45, 7) is 2.90. The van der Waals surface area contributed by atoms with Crippen LogP contribution in [0.5, 0.6) is 0 Å². The van der Waals surface area contributed by atoms with Crippen molar-refractivity contribution < 1.29 is 14.6 Å². The molecule has 4 heteroatoms. The maximum absolute atomic E-state index is 12.0. The number of ether oxygens (including phenoxy) is 1. The minimum atomic E-state index is -0.402. The maximum atomic E-state index is 12.0. The van der Waals surface area contributed by atoms with Gasteiger partial charge in [0.05, 0.1) is 12.1 Å². The second-order valence-electron chi connectivity index (χ2n) is 5.63. The summed E-state index contributed by atoms with van der Waals surface area (Å²) in [5, 5.41) is 12.6. The zero-order valence-electron chi connectivity index (χ0n) is 10.6. The molecule has 0 spiro atoms. The largest absolute Gasteiger partial charge is 0.394 e. The molecule has 2 rings (SSSR count). The predicted octanol–water partition coefficient (Wildman–Crippen LogP) is 1.22. The third kappa shape index (κ3) is 2.99. The zero-order chi connectivity index (χ0) is 12.3. The van der Waals surface area contributed by atoms with Crippen LogP contribution in [0, 0.1) is 5.92 Å². The van der Waals surface area contributed by atoms with Crippen LogP contribution < -0.4 is 5.32 Å².